The highest BCUT2D eigenvalue weighted by Crippen LogP contribution is 2.39. The number of fused-ring (bicyclic) bond motifs is 1. The van der Waals surface area contributed by atoms with Crippen LogP contribution in [0.15, 0.2) is 91.1 Å². The standard InChI is InChI=1S/C27H28N2.C2H6/c1-28-16-14-24-18-25(12-13-26(24)28)27(19-22-8-4-2-5-9-22)15-17-29(21-27)20-23-10-6-3-7-11-23;1-2/h2-14,16,18H,15,17,19-21H2,1H3;1-2H3. The van der Waals surface area contributed by atoms with Crippen LogP contribution in [0.5, 0.6) is 0 Å². The lowest BCUT2D eigenvalue weighted by molar-refractivity contribution is 0.301. The Labute approximate surface area is 187 Å². The van der Waals surface area contributed by atoms with Crippen molar-refractivity contribution in [1.82, 2.24) is 9.47 Å². The van der Waals surface area contributed by atoms with E-state index in [1.54, 1.807) is 0 Å². The number of hydrogen-bond donors (Lipinski definition) is 0. The summed E-state index contributed by atoms with van der Waals surface area (Å²) < 4.78 is 2.21. The van der Waals surface area contributed by atoms with Crippen LogP contribution in [0.1, 0.15) is 37.0 Å². The largest absolute Gasteiger partial charge is 0.351 e. The Morgan fingerprint density at radius 2 is 1.48 bits per heavy atom. The van der Waals surface area contributed by atoms with Crippen LogP contribution in [0.4, 0.5) is 0 Å². The zero-order chi connectivity index (χ0) is 21.7. The molecule has 1 aliphatic heterocycles. The lowest BCUT2D eigenvalue weighted by atomic mass is 9.74. The molecule has 0 spiro atoms. The van der Waals surface area contributed by atoms with Gasteiger partial charge in [-0.15, -0.1) is 0 Å². The van der Waals surface area contributed by atoms with Gasteiger partial charge in [-0.25, -0.2) is 0 Å². The first-order valence-electron chi connectivity index (χ1n) is 11.6. The first-order chi connectivity index (χ1) is 15.2. The molecule has 5 rings (SSSR count). The quantitative estimate of drug-likeness (QED) is 0.360. The molecule has 1 unspecified atom stereocenters. The minimum absolute atomic E-state index is 0.167. The summed E-state index contributed by atoms with van der Waals surface area (Å²) in [5.41, 5.74) is 5.79. The molecule has 1 fully saturated rings. The second kappa shape index (κ2) is 9.53. The van der Waals surface area contributed by atoms with Crippen LogP contribution in [0.25, 0.3) is 10.9 Å². The van der Waals surface area contributed by atoms with E-state index >= 15 is 0 Å². The Morgan fingerprint density at radius 1 is 0.806 bits per heavy atom. The van der Waals surface area contributed by atoms with Crippen molar-refractivity contribution in [1.29, 1.82) is 0 Å². The molecule has 0 saturated carbocycles. The van der Waals surface area contributed by atoms with Crippen molar-refractivity contribution in [3.05, 3.63) is 108 Å². The van der Waals surface area contributed by atoms with Gasteiger partial charge in [0.1, 0.15) is 0 Å². The summed E-state index contributed by atoms with van der Waals surface area (Å²) in [5.74, 6) is 0. The minimum Gasteiger partial charge on any atom is -0.351 e. The maximum absolute atomic E-state index is 2.63. The topological polar surface area (TPSA) is 8.17 Å². The molecule has 1 saturated heterocycles. The number of aromatic nitrogens is 1. The molecule has 1 aliphatic rings. The molecule has 0 amide bonds. The zero-order valence-corrected chi connectivity index (χ0v) is 19.1. The van der Waals surface area contributed by atoms with Gasteiger partial charge in [0.25, 0.3) is 0 Å². The number of benzene rings is 3. The van der Waals surface area contributed by atoms with E-state index < -0.39 is 0 Å². The lowest BCUT2D eigenvalue weighted by Crippen LogP contribution is -2.33. The molecule has 0 aliphatic carbocycles. The van der Waals surface area contributed by atoms with Gasteiger partial charge >= 0.3 is 0 Å². The van der Waals surface area contributed by atoms with Crippen molar-refractivity contribution >= 4 is 10.9 Å². The number of likely N-dealkylation sites (tertiary alicyclic amines) is 1. The van der Waals surface area contributed by atoms with E-state index in [1.807, 2.05) is 13.8 Å². The van der Waals surface area contributed by atoms with Gasteiger partial charge in [-0.2, -0.15) is 0 Å². The Kier molecular flexibility index (Phi) is 6.58. The fraction of sp³-hybridized carbons (Fsp3) is 0.310. The predicted molar refractivity (Wildman–Crippen MR) is 132 cm³/mol. The number of rotatable bonds is 5. The first kappa shape index (κ1) is 21.4. The SMILES string of the molecule is CC.Cn1ccc2cc(C3(Cc4ccccc4)CCN(Cc4ccccc4)C3)ccc21. The molecule has 2 heteroatoms. The van der Waals surface area contributed by atoms with Crippen molar-refractivity contribution in [3.8, 4) is 0 Å². The smallest absolute Gasteiger partial charge is 0.0477 e. The van der Waals surface area contributed by atoms with Crippen LogP contribution in [0.2, 0.25) is 0 Å². The Balaban J connectivity index is 0.00000112. The van der Waals surface area contributed by atoms with E-state index in [9.17, 15) is 0 Å². The Morgan fingerprint density at radius 3 is 2.19 bits per heavy atom. The molecule has 2 nitrogen and oxygen atoms in total. The predicted octanol–water partition coefficient (Wildman–Crippen LogP) is 6.59. The molecule has 160 valence electrons. The summed E-state index contributed by atoms with van der Waals surface area (Å²) in [4.78, 5) is 2.63. The molecule has 0 N–H and O–H groups in total. The fourth-order valence-electron chi connectivity index (χ4n) is 5.01. The molecule has 4 aromatic rings. The summed E-state index contributed by atoms with van der Waals surface area (Å²) >= 11 is 0. The lowest BCUT2D eigenvalue weighted by Gasteiger charge is -2.31. The number of aryl methyl sites for hydroxylation is 1. The highest BCUT2D eigenvalue weighted by molar-refractivity contribution is 5.81. The summed E-state index contributed by atoms with van der Waals surface area (Å²) in [5, 5.41) is 1.35. The van der Waals surface area contributed by atoms with Crippen LogP contribution in [-0.4, -0.2) is 22.6 Å². The van der Waals surface area contributed by atoms with Crippen molar-refractivity contribution in [2.24, 2.45) is 7.05 Å². The molecular weight excluding hydrogens is 376 g/mol. The maximum Gasteiger partial charge on any atom is 0.0477 e. The van der Waals surface area contributed by atoms with Crippen LogP contribution in [0.3, 0.4) is 0 Å². The normalized spacial score (nSPS) is 18.7. The van der Waals surface area contributed by atoms with Gasteiger partial charge < -0.3 is 4.57 Å². The van der Waals surface area contributed by atoms with E-state index in [0.717, 1.165) is 26.1 Å². The van der Waals surface area contributed by atoms with E-state index in [2.05, 4.69) is 108 Å². The second-order valence-electron chi connectivity index (χ2n) is 8.59. The van der Waals surface area contributed by atoms with Crippen LogP contribution >= 0.6 is 0 Å². The van der Waals surface area contributed by atoms with Gasteiger partial charge in [-0.1, -0.05) is 80.6 Å². The molecule has 0 bridgehead atoms. The zero-order valence-electron chi connectivity index (χ0n) is 19.1. The highest BCUT2D eigenvalue weighted by Gasteiger charge is 2.39. The summed E-state index contributed by atoms with van der Waals surface area (Å²) in [6, 6.07) is 31.2. The molecule has 3 aromatic carbocycles. The van der Waals surface area contributed by atoms with Crippen molar-refractivity contribution in [3.63, 3.8) is 0 Å². The van der Waals surface area contributed by atoms with Crippen LogP contribution < -0.4 is 0 Å². The maximum atomic E-state index is 2.63. The average Bonchev–Trinajstić information content (AvgIpc) is 3.40. The molecule has 31 heavy (non-hydrogen) atoms. The molecule has 1 atom stereocenters. The van der Waals surface area contributed by atoms with Gasteiger partial charge in [0.2, 0.25) is 0 Å². The van der Waals surface area contributed by atoms with Crippen molar-refractivity contribution < 1.29 is 0 Å². The van der Waals surface area contributed by atoms with Crippen LogP contribution in [-0.2, 0) is 25.4 Å². The average molecular weight is 411 g/mol. The third-order valence-electron chi connectivity index (χ3n) is 6.56. The monoisotopic (exact) mass is 410 g/mol. The van der Waals surface area contributed by atoms with E-state index in [-0.39, 0.29) is 5.41 Å². The summed E-state index contributed by atoms with van der Waals surface area (Å²) in [6.45, 7) is 7.29. The fourth-order valence-corrected chi connectivity index (χ4v) is 5.01. The Hall–Kier alpha value is -2.84. The summed E-state index contributed by atoms with van der Waals surface area (Å²) in [7, 11) is 2.12. The van der Waals surface area contributed by atoms with E-state index in [4.69, 9.17) is 0 Å². The van der Waals surface area contributed by atoms with Crippen molar-refractivity contribution in [2.45, 2.75) is 38.6 Å². The highest BCUT2D eigenvalue weighted by atomic mass is 15.2. The third-order valence-corrected chi connectivity index (χ3v) is 6.56. The van der Waals surface area contributed by atoms with Crippen molar-refractivity contribution in [2.75, 3.05) is 13.1 Å². The summed E-state index contributed by atoms with van der Waals surface area (Å²) in [6.07, 6.45) is 4.46. The van der Waals surface area contributed by atoms with Gasteiger partial charge in [-0.3, -0.25) is 4.90 Å². The first-order valence-corrected chi connectivity index (χ1v) is 11.6. The number of nitrogens with zero attached hydrogens (tertiary/aromatic N) is 2. The van der Waals surface area contributed by atoms with Gasteiger partial charge in [-0.05, 0) is 59.7 Å². The van der Waals surface area contributed by atoms with E-state index in [0.29, 0.717) is 0 Å². The number of hydrogen-bond acceptors (Lipinski definition) is 1. The second-order valence-corrected chi connectivity index (χ2v) is 8.59. The third kappa shape index (κ3) is 4.60. The molecule has 2 heterocycles. The van der Waals surface area contributed by atoms with Gasteiger partial charge in [0.15, 0.2) is 0 Å². The van der Waals surface area contributed by atoms with Crippen LogP contribution in [0, 0.1) is 0 Å². The van der Waals surface area contributed by atoms with Gasteiger partial charge in [0, 0.05) is 37.3 Å². The minimum atomic E-state index is 0.167. The molecule has 0 radical (unpaired) electrons. The molecule has 1 aromatic heterocycles. The molecular formula is C29H34N2. The van der Waals surface area contributed by atoms with E-state index in [1.165, 1.54) is 34.0 Å². The Bertz CT molecular complexity index is 1100. The van der Waals surface area contributed by atoms with Gasteiger partial charge in [0.05, 0.1) is 0 Å².